The predicted molar refractivity (Wildman–Crippen MR) is 150 cm³/mol. The lowest BCUT2D eigenvalue weighted by atomic mass is 10.00. The second-order valence-corrected chi connectivity index (χ2v) is 9.30. The number of imidazole rings is 1. The van der Waals surface area contributed by atoms with Gasteiger partial charge in [0.05, 0.1) is 35.8 Å². The van der Waals surface area contributed by atoms with Crippen molar-refractivity contribution in [3.63, 3.8) is 0 Å². The number of carbonyl (C=O) groups excluding carboxylic acids is 2. The van der Waals surface area contributed by atoms with E-state index in [0.29, 0.717) is 27.4 Å². The quantitative estimate of drug-likeness (QED) is 0.205. The lowest BCUT2D eigenvalue weighted by molar-refractivity contribution is -0.141. The number of aromatic nitrogens is 2. The monoisotopic (exact) mass is 540 g/mol. The Balaban J connectivity index is 1.55. The van der Waals surface area contributed by atoms with E-state index in [0.717, 1.165) is 27.8 Å². The van der Waals surface area contributed by atoms with Gasteiger partial charge in [0.15, 0.2) is 0 Å². The molecule has 5 aromatic rings. The maximum atomic E-state index is 12.3. The van der Waals surface area contributed by atoms with Gasteiger partial charge in [0.25, 0.3) is 0 Å². The molecule has 4 aromatic carbocycles. The maximum absolute atomic E-state index is 12.3. The number of halogens is 1. The second kappa shape index (κ2) is 11.0. The highest BCUT2D eigenvalue weighted by molar-refractivity contribution is 6.34. The van der Waals surface area contributed by atoms with E-state index >= 15 is 0 Å². The van der Waals surface area contributed by atoms with Crippen molar-refractivity contribution in [1.29, 1.82) is 0 Å². The molecule has 0 aliphatic heterocycles. The summed E-state index contributed by atoms with van der Waals surface area (Å²) in [6, 6.07) is 27.1. The second-order valence-electron chi connectivity index (χ2n) is 8.89. The van der Waals surface area contributed by atoms with E-state index in [9.17, 15) is 9.59 Å². The Morgan fingerprint density at radius 2 is 1.54 bits per heavy atom. The average Bonchev–Trinajstić information content (AvgIpc) is 3.28. The first-order valence-electron chi connectivity index (χ1n) is 12.2. The molecule has 0 amide bonds. The molecule has 0 saturated heterocycles. The van der Waals surface area contributed by atoms with Gasteiger partial charge in [-0.2, -0.15) is 4.98 Å². The summed E-state index contributed by atoms with van der Waals surface area (Å²) < 4.78 is 17.4. The van der Waals surface area contributed by atoms with E-state index in [4.69, 9.17) is 25.8 Å². The van der Waals surface area contributed by atoms with Crippen LogP contribution in [-0.2, 0) is 20.8 Å². The highest BCUT2D eigenvalue weighted by Gasteiger charge is 2.20. The summed E-state index contributed by atoms with van der Waals surface area (Å²) in [4.78, 5) is 29.1. The standard InChI is InChI=1S/C31H25ClN2O5/c1-19-9-14-23(15-24(19)30(36)38-3)39-31-33-27-16-25(26(32)17-28(27)34(31)18-29(35)37-2)22-12-10-21(11-13-22)20-7-5-4-6-8-20/h4-17H,18H2,1-3H3. The highest BCUT2D eigenvalue weighted by atomic mass is 35.5. The van der Waals surface area contributed by atoms with Crippen LogP contribution in [0.25, 0.3) is 33.3 Å². The number of esters is 2. The fourth-order valence-corrected chi connectivity index (χ4v) is 4.61. The zero-order valence-corrected chi connectivity index (χ0v) is 22.4. The van der Waals surface area contributed by atoms with Crippen LogP contribution in [0.4, 0.5) is 0 Å². The lowest BCUT2D eigenvalue weighted by Gasteiger charge is -2.11. The molecule has 1 heterocycles. The molecule has 7 nitrogen and oxygen atoms in total. The van der Waals surface area contributed by atoms with E-state index < -0.39 is 11.9 Å². The molecule has 0 saturated carbocycles. The van der Waals surface area contributed by atoms with E-state index in [1.807, 2.05) is 48.5 Å². The third kappa shape index (κ3) is 5.35. The lowest BCUT2D eigenvalue weighted by Crippen LogP contribution is -2.12. The summed E-state index contributed by atoms with van der Waals surface area (Å²) in [6.45, 7) is 1.66. The van der Waals surface area contributed by atoms with Crippen LogP contribution in [0.2, 0.25) is 5.02 Å². The number of rotatable bonds is 7. The van der Waals surface area contributed by atoms with E-state index in [-0.39, 0.29) is 12.6 Å². The Morgan fingerprint density at radius 3 is 2.23 bits per heavy atom. The summed E-state index contributed by atoms with van der Waals surface area (Å²) in [5.74, 6) is -0.587. The molecule has 0 spiro atoms. The smallest absolute Gasteiger partial charge is 0.338 e. The Bertz CT molecular complexity index is 1680. The molecule has 0 aliphatic carbocycles. The maximum Gasteiger partial charge on any atom is 0.338 e. The first-order valence-corrected chi connectivity index (χ1v) is 12.5. The van der Waals surface area contributed by atoms with E-state index in [1.165, 1.54) is 14.2 Å². The molecule has 0 atom stereocenters. The van der Waals surface area contributed by atoms with Gasteiger partial charge in [0.1, 0.15) is 12.3 Å². The molecule has 0 aliphatic rings. The molecular weight excluding hydrogens is 516 g/mol. The number of aryl methyl sites for hydroxylation is 1. The third-order valence-corrected chi connectivity index (χ3v) is 6.76. The Kier molecular flexibility index (Phi) is 7.34. The SMILES string of the molecule is COC(=O)Cn1c(Oc2ccc(C)c(C(=O)OC)c2)nc2cc(-c3ccc(-c4ccccc4)cc3)c(Cl)cc21. The first-order chi connectivity index (χ1) is 18.9. The van der Waals surface area contributed by atoms with Crippen molar-refractivity contribution in [2.24, 2.45) is 0 Å². The third-order valence-electron chi connectivity index (χ3n) is 6.44. The van der Waals surface area contributed by atoms with Crippen molar-refractivity contribution in [2.75, 3.05) is 14.2 Å². The molecule has 0 radical (unpaired) electrons. The van der Waals surface area contributed by atoms with Crippen LogP contribution in [0.15, 0.2) is 84.9 Å². The van der Waals surface area contributed by atoms with E-state index in [2.05, 4.69) is 17.1 Å². The number of methoxy groups -OCH3 is 2. The summed E-state index contributed by atoms with van der Waals surface area (Å²) in [5, 5.41) is 0.496. The summed E-state index contributed by atoms with van der Waals surface area (Å²) in [7, 11) is 2.64. The van der Waals surface area contributed by atoms with Gasteiger partial charge >= 0.3 is 17.9 Å². The number of benzene rings is 4. The van der Waals surface area contributed by atoms with Crippen LogP contribution in [-0.4, -0.2) is 35.7 Å². The average molecular weight is 541 g/mol. The Morgan fingerprint density at radius 1 is 0.846 bits per heavy atom. The largest absolute Gasteiger partial charge is 0.468 e. The molecule has 1 aromatic heterocycles. The van der Waals surface area contributed by atoms with Crippen LogP contribution < -0.4 is 4.74 Å². The van der Waals surface area contributed by atoms with Crippen molar-refractivity contribution in [1.82, 2.24) is 9.55 Å². The topological polar surface area (TPSA) is 79.7 Å². The van der Waals surface area contributed by atoms with Crippen molar-refractivity contribution in [3.05, 3.63) is 101 Å². The summed E-state index contributed by atoms with van der Waals surface area (Å²) >= 11 is 6.75. The number of nitrogens with zero attached hydrogens (tertiary/aromatic N) is 2. The van der Waals surface area contributed by atoms with Crippen LogP contribution in [0.1, 0.15) is 15.9 Å². The van der Waals surface area contributed by atoms with Crippen molar-refractivity contribution < 1.29 is 23.8 Å². The number of hydrogen-bond acceptors (Lipinski definition) is 6. The zero-order valence-electron chi connectivity index (χ0n) is 21.6. The zero-order chi connectivity index (χ0) is 27.5. The number of hydrogen-bond donors (Lipinski definition) is 0. The van der Waals surface area contributed by atoms with E-state index in [1.54, 1.807) is 35.8 Å². The summed E-state index contributed by atoms with van der Waals surface area (Å²) in [5.41, 5.74) is 6.24. The van der Waals surface area contributed by atoms with Gasteiger partial charge in [0.2, 0.25) is 0 Å². The minimum absolute atomic E-state index is 0.139. The predicted octanol–water partition coefficient (Wildman–Crippen LogP) is 7.08. The normalized spacial score (nSPS) is 10.9. The molecule has 196 valence electrons. The number of carbonyl (C=O) groups is 2. The molecule has 5 rings (SSSR count). The Labute approximate surface area is 230 Å². The van der Waals surface area contributed by atoms with Crippen LogP contribution in [0.5, 0.6) is 11.8 Å². The summed E-state index contributed by atoms with van der Waals surface area (Å²) in [6.07, 6.45) is 0. The van der Waals surface area contributed by atoms with Crippen molar-refractivity contribution in [2.45, 2.75) is 13.5 Å². The van der Waals surface area contributed by atoms with Gasteiger partial charge in [-0.25, -0.2) is 4.79 Å². The molecule has 8 heteroatoms. The van der Waals surface area contributed by atoms with Crippen LogP contribution in [0, 0.1) is 6.92 Å². The highest BCUT2D eigenvalue weighted by Crippen LogP contribution is 2.36. The minimum atomic E-state index is -0.477. The van der Waals surface area contributed by atoms with Gasteiger partial charge in [-0.3, -0.25) is 9.36 Å². The molecule has 0 bridgehead atoms. The van der Waals surface area contributed by atoms with Gasteiger partial charge in [-0.1, -0.05) is 72.3 Å². The van der Waals surface area contributed by atoms with Crippen LogP contribution >= 0.6 is 11.6 Å². The van der Waals surface area contributed by atoms with Crippen molar-refractivity contribution >= 4 is 34.6 Å². The van der Waals surface area contributed by atoms with Gasteiger partial charge in [0, 0.05) is 5.56 Å². The van der Waals surface area contributed by atoms with Crippen LogP contribution in [0.3, 0.4) is 0 Å². The van der Waals surface area contributed by atoms with Gasteiger partial charge < -0.3 is 14.2 Å². The Hall–Kier alpha value is -4.62. The van der Waals surface area contributed by atoms with Crippen molar-refractivity contribution in [3.8, 4) is 34.0 Å². The number of fused-ring (bicyclic) bond motifs is 1. The molecule has 39 heavy (non-hydrogen) atoms. The molecule has 0 fully saturated rings. The fraction of sp³-hybridized carbons (Fsp3) is 0.129. The number of ether oxygens (including phenoxy) is 3. The first kappa shape index (κ1) is 26.0. The van der Waals surface area contributed by atoms with Gasteiger partial charge in [-0.15, -0.1) is 0 Å². The molecule has 0 N–H and O–H groups in total. The minimum Gasteiger partial charge on any atom is -0.468 e. The molecule has 0 unspecified atom stereocenters. The molecular formula is C31H25ClN2O5. The fourth-order valence-electron chi connectivity index (χ4n) is 4.34. The van der Waals surface area contributed by atoms with Gasteiger partial charge in [-0.05, 0) is 53.4 Å².